The molecule has 1 aromatic heterocycles. The van der Waals surface area contributed by atoms with Crippen LogP contribution >= 0.6 is 23.2 Å². The van der Waals surface area contributed by atoms with Crippen LogP contribution in [0.4, 0.5) is 0 Å². The average molecular weight is 297 g/mol. The number of aryl methyl sites for hydroxylation is 1. The smallest absolute Gasteiger partial charge is 0.150 e. The molecule has 0 aliphatic carbocycles. The van der Waals surface area contributed by atoms with Crippen LogP contribution in [0.1, 0.15) is 19.5 Å². The molecule has 0 bridgehead atoms. The Morgan fingerprint density at radius 1 is 1.21 bits per heavy atom. The highest BCUT2D eigenvalue weighted by atomic mass is 35.5. The largest absolute Gasteiger partial charge is 0.490 e. The first-order valence-electron chi connectivity index (χ1n) is 5.93. The molecule has 2 rings (SSSR count). The van der Waals surface area contributed by atoms with Crippen LogP contribution in [0.5, 0.6) is 5.75 Å². The van der Waals surface area contributed by atoms with Gasteiger partial charge in [-0.2, -0.15) is 0 Å². The predicted molar refractivity (Wildman–Crippen MR) is 78.0 cm³/mol. The number of rotatable bonds is 3. The monoisotopic (exact) mass is 296 g/mol. The molecule has 100 valence electrons. The van der Waals surface area contributed by atoms with Crippen molar-refractivity contribution in [3.8, 4) is 17.0 Å². The van der Waals surface area contributed by atoms with E-state index >= 15 is 0 Å². The quantitative estimate of drug-likeness (QED) is 0.834. The van der Waals surface area contributed by atoms with E-state index in [9.17, 15) is 0 Å². The molecule has 1 aromatic carbocycles. The Morgan fingerprint density at radius 2 is 1.95 bits per heavy atom. The van der Waals surface area contributed by atoms with E-state index in [1.165, 1.54) is 0 Å². The van der Waals surface area contributed by atoms with Gasteiger partial charge in [0, 0.05) is 10.6 Å². The van der Waals surface area contributed by atoms with Crippen LogP contribution in [0.3, 0.4) is 0 Å². The number of hydrogen-bond acceptors (Lipinski definition) is 3. The fourth-order valence-electron chi connectivity index (χ4n) is 1.62. The van der Waals surface area contributed by atoms with Gasteiger partial charge in [-0.25, -0.2) is 4.98 Å². The Hall–Kier alpha value is -1.32. The zero-order valence-electron chi connectivity index (χ0n) is 10.9. The van der Waals surface area contributed by atoms with Crippen molar-refractivity contribution in [2.24, 2.45) is 0 Å². The van der Waals surface area contributed by atoms with E-state index < -0.39 is 0 Å². The van der Waals surface area contributed by atoms with Gasteiger partial charge < -0.3 is 4.74 Å². The van der Waals surface area contributed by atoms with Crippen molar-refractivity contribution in [1.82, 2.24) is 9.97 Å². The lowest BCUT2D eigenvalue weighted by Crippen LogP contribution is -2.07. The van der Waals surface area contributed by atoms with E-state index in [-0.39, 0.29) is 6.10 Å². The molecule has 5 heteroatoms. The summed E-state index contributed by atoms with van der Waals surface area (Å²) < 4.78 is 5.76. The molecule has 0 aliphatic heterocycles. The van der Waals surface area contributed by atoms with Crippen molar-refractivity contribution < 1.29 is 4.74 Å². The molecular weight excluding hydrogens is 283 g/mol. The summed E-state index contributed by atoms with van der Waals surface area (Å²) in [6.07, 6.45) is 1.73. The van der Waals surface area contributed by atoms with Crippen LogP contribution in [0.25, 0.3) is 11.3 Å². The van der Waals surface area contributed by atoms with E-state index in [1.54, 1.807) is 18.3 Å². The second-order valence-corrected chi connectivity index (χ2v) is 5.23. The van der Waals surface area contributed by atoms with E-state index in [4.69, 9.17) is 27.9 Å². The number of nitrogens with zero attached hydrogens (tertiary/aromatic N) is 2. The zero-order chi connectivity index (χ0) is 14.0. The van der Waals surface area contributed by atoms with Gasteiger partial charge in [-0.1, -0.05) is 23.2 Å². The van der Waals surface area contributed by atoms with Crippen LogP contribution in [-0.4, -0.2) is 16.1 Å². The highest BCUT2D eigenvalue weighted by molar-refractivity contribution is 6.31. The van der Waals surface area contributed by atoms with Crippen LogP contribution in [0.15, 0.2) is 24.4 Å². The summed E-state index contributed by atoms with van der Waals surface area (Å²) in [5.74, 6) is 0.678. The van der Waals surface area contributed by atoms with Crippen LogP contribution in [-0.2, 0) is 0 Å². The van der Waals surface area contributed by atoms with E-state index in [1.807, 2.05) is 26.8 Å². The first kappa shape index (κ1) is 14.1. The van der Waals surface area contributed by atoms with Gasteiger partial charge in [0.1, 0.15) is 5.75 Å². The fraction of sp³-hybridized carbons (Fsp3) is 0.286. The molecule has 0 aliphatic rings. The topological polar surface area (TPSA) is 35.0 Å². The molecule has 1 heterocycles. The maximum absolute atomic E-state index is 6.01. The van der Waals surface area contributed by atoms with Gasteiger partial charge in [-0.05, 0) is 39.0 Å². The van der Waals surface area contributed by atoms with Gasteiger partial charge in [0.05, 0.1) is 23.7 Å². The molecule has 3 nitrogen and oxygen atoms in total. The lowest BCUT2D eigenvalue weighted by molar-refractivity contribution is 0.243. The van der Waals surface area contributed by atoms with Crippen LogP contribution in [0, 0.1) is 6.92 Å². The molecule has 0 radical (unpaired) electrons. The van der Waals surface area contributed by atoms with Gasteiger partial charge in [0.25, 0.3) is 0 Å². The standard InChI is InChI=1S/C14H14Cl2N2O/c1-8(2)19-13-6-10(15)4-5-11(13)12-7-17-9(3)14(16)18-12/h4-8H,1-3H3. The van der Waals surface area contributed by atoms with Crippen molar-refractivity contribution in [2.75, 3.05) is 0 Å². The van der Waals surface area contributed by atoms with Crippen molar-refractivity contribution in [2.45, 2.75) is 26.9 Å². The lowest BCUT2D eigenvalue weighted by atomic mass is 10.1. The number of ether oxygens (including phenoxy) is 1. The summed E-state index contributed by atoms with van der Waals surface area (Å²) in [5, 5.41) is 1.01. The van der Waals surface area contributed by atoms with Crippen LogP contribution < -0.4 is 4.74 Å². The van der Waals surface area contributed by atoms with Gasteiger partial charge >= 0.3 is 0 Å². The number of hydrogen-bond donors (Lipinski definition) is 0. The Kier molecular flexibility index (Phi) is 4.27. The van der Waals surface area contributed by atoms with Gasteiger partial charge in [-0.3, -0.25) is 4.98 Å². The molecule has 0 atom stereocenters. The lowest BCUT2D eigenvalue weighted by Gasteiger charge is -2.14. The maximum atomic E-state index is 6.01. The van der Waals surface area contributed by atoms with E-state index in [2.05, 4.69) is 9.97 Å². The summed E-state index contributed by atoms with van der Waals surface area (Å²) in [6, 6.07) is 5.42. The van der Waals surface area contributed by atoms with Gasteiger partial charge in [0.2, 0.25) is 0 Å². The van der Waals surface area contributed by atoms with Crippen LogP contribution in [0.2, 0.25) is 10.2 Å². The highest BCUT2D eigenvalue weighted by Gasteiger charge is 2.12. The highest BCUT2D eigenvalue weighted by Crippen LogP contribution is 2.32. The summed E-state index contributed by atoms with van der Waals surface area (Å²) in [4.78, 5) is 8.54. The molecular formula is C14H14Cl2N2O. The molecule has 0 saturated heterocycles. The third-order valence-electron chi connectivity index (χ3n) is 2.48. The minimum atomic E-state index is 0.0473. The first-order chi connectivity index (χ1) is 8.97. The minimum absolute atomic E-state index is 0.0473. The summed E-state index contributed by atoms with van der Waals surface area (Å²) in [5.41, 5.74) is 2.20. The molecule has 0 N–H and O–H groups in total. The number of benzene rings is 1. The molecule has 0 amide bonds. The number of aromatic nitrogens is 2. The Labute approximate surface area is 122 Å². The summed E-state index contributed by atoms with van der Waals surface area (Å²) >= 11 is 12.0. The van der Waals surface area contributed by atoms with E-state index in [0.29, 0.717) is 27.3 Å². The molecule has 0 spiro atoms. The normalized spacial score (nSPS) is 10.8. The first-order valence-corrected chi connectivity index (χ1v) is 6.68. The Bertz CT molecular complexity index is 600. The predicted octanol–water partition coefficient (Wildman–Crippen LogP) is 4.55. The Morgan fingerprint density at radius 3 is 2.58 bits per heavy atom. The molecule has 2 aromatic rings. The average Bonchev–Trinajstić information content (AvgIpc) is 2.32. The van der Waals surface area contributed by atoms with Crippen molar-refractivity contribution in [1.29, 1.82) is 0 Å². The molecule has 0 unspecified atom stereocenters. The van der Waals surface area contributed by atoms with Crippen molar-refractivity contribution >= 4 is 23.2 Å². The summed E-state index contributed by atoms with van der Waals surface area (Å²) in [7, 11) is 0. The number of halogens is 2. The minimum Gasteiger partial charge on any atom is -0.490 e. The van der Waals surface area contributed by atoms with Crippen molar-refractivity contribution in [3.63, 3.8) is 0 Å². The third kappa shape index (κ3) is 3.37. The second kappa shape index (κ2) is 5.76. The van der Waals surface area contributed by atoms with E-state index in [0.717, 1.165) is 5.56 Å². The molecule has 19 heavy (non-hydrogen) atoms. The summed E-state index contributed by atoms with van der Waals surface area (Å²) in [6.45, 7) is 5.73. The molecule has 0 saturated carbocycles. The third-order valence-corrected chi connectivity index (χ3v) is 3.07. The molecule has 0 fully saturated rings. The fourth-order valence-corrected chi connectivity index (χ4v) is 1.92. The maximum Gasteiger partial charge on any atom is 0.150 e. The second-order valence-electron chi connectivity index (χ2n) is 4.44. The SMILES string of the molecule is Cc1ncc(-c2ccc(Cl)cc2OC(C)C)nc1Cl. The van der Waals surface area contributed by atoms with Crippen molar-refractivity contribution in [3.05, 3.63) is 40.3 Å². The zero-order valence-corrected chi connectivity index (χ0v) is 12.5. The van der Waals surface area contributed by atoms with Gasteiger partial charge in [0.15, 0.2) is 5.15 Å². The Balaban J connectivity index is 2.51. The van der Waals surface area contributed by atoms with Gasteiger partial charge in [-0.15, -0.1) is 0 Å².